The van der Waals surface area contributed by atoms with E-state index < -0.39 is 0 Å². The standard InChI is InChI=1S/C21H31N3O2/c1-5-24-17(3)21(16(2)22-24)15-23(14-20-10-7-11-26-20)13-18-8-6-9-19(12-18)25-4/h6,8-9,12,20H,5,7,10-11,13-15H2,1-4H3. The van der Waals surface area contributed by atoms with Crippen molar-refractivity contribution >= 4 is 0 Å². The first-order valence-corrected chi connectivity index (χ1v) is 9.60. The van der Waals surface area contributed by atoms with Gasteiger partial charge >= 0.3 is 0 Å². The third-order valence-corrected chi connectivity index (χ3v) is 5.24. The minimum absolute atomic E-state index is 0.336. The van der Waals surface area contributed by atoms with Gasteiger partial charge in [0, 0.05) is 44.0 Å². The molecule has 1 atom stereocenters. The largest absolute Gasteiger partial charge is 0.497 e. The summed E-state index contributed by atoms with van der Waals surface area (Å²) in [5.74, 6) is 0.908. The highest BCUT2D eigenvalue weighted by molar-refractivity contribution is 5.29. The number of benzene rings is 1. The molecule has 0 spiro atoms. The van der Waals surface area contributed by atoms with Crippen molar-refractivity contribution in [3.8, 4) is 5.75 Å². The Bertz CT molecular complexity index is 720. The van der Waals surface area contributed by atoms with E-state index in [0.29, 0.717) is 6.10 Å². The Morgan fingerprint density at radius 1 is 1.31 bits per heavy atom. The highest BCUT2D eigenvalue weighted by atomic mass is 16.5. The molecule has 2 aromatic rings. The van der Waals surface area contributed by atoms with Crippen molar-refractivity contribution in [2.75, 3.05) is 20.3 Å². The molecule has 0 N–H and O–H groups in total. The van der Waals surface area contributed by atoms with Gasteiger partial charge in [0.2, 0.25) is 0 Å². The first-order chi connectivity index (χ1) is 12.6. The van der Waals surface area contributed by atoms with Gasteiger partial charge < -0.3 is 9.47 Å². The molecular formula is C21H31N3O2. The van der Waals surface area contributed by atoms with E-state index in [9.17, 15) is 0 Å². The first kappa shape index (κ1) is 18.9. The second kappa shape index (κ2) is 8.69. The van der Waals surface area contributed by atoms with Crippen LogP contribution in [0.3, 0.4) is 0 Å². The highest BCUT2D eigenvalue weighted by Crippen LogP contribution is 2.22. The van der Waals surface area contributed by atoms with Crippen molar-refractivity contribution < 1.29 is 9.47 Å². The minimum atomic E-state index is 0.336. The summed E-state index contributed by atoms with van der Waals surface area (Å²) in [4.78, 5) is 2.49. The quantitative estimate of drug-likeness (QED) is 0.722. The predicted molar refractivity (Wildman–Crippen MR) is 103 cm³/mol. The summed E-state index contributed by atoms with van der Waals surface area (Å²) in [5, 5.41) is 4.69. The Labute approximate surface area is 156 Å². The Balaban J connectivity index is 1.79. The molecule has 1 unspecified atom stereocenters. The predicted octanol–water partition coefficient (Wildman–Crippen LogP) is 3.71. The number of nitrogens with zero attached hydrogens (tertiary/aromatic N) is 3. The van der Waals surface area contributed by atoms with Crippen LogP contribution >= 0.6 is 0 Å². The molecule has 2 heterocycles. The zero-order valence-corrected chi connectivity index (χ0v) is 16.5. The van der Waals surface area contributed by atoms with Crippen LogP contribution in [0.25, 0.3) is 0 Å². The molecule has 5 heteroatoms. The van der Waals surface area contributed by atoms with E-state index in [4.69, 9.17) is 9.47 Å². The summed E-state index contributed by atoms with van der Waals surface area (Å²) in [6.45, 7) is 11.0. The third-order valence-electron chi connectivity index (χ3n) is 5.24. The number of ether oxygens (including phenoxy) is 2. The lowest BCUT2D eigenvalue weighted by atomic mass is 10.1. The molecule has 1 fully saturated rings. The van der Waals surface area contributed by atoms with Crippen molar-refractivity contribution in [2.24, 2.45) is 0 Å². The zero-order valence-electron chi connectivity index (χ0n) is 16.5. The van der Waals surface area contributed by atoms with E-state index in [1.807, 2.05) is 6.07 Å². The maximum Gasteiger partial charge on any atom is 0.119 e. The minimum Gasteiger partial charge on any atom is -0.497 e. The lowest BCUT2D eigenvalue weighted by Crippen LogP contribution is -2.31. The lowest BCUT2D eigenvalue weighted by Gasteiger charge is -2.26. The number of hydrogen-bond acceptors (Lipinski definition) is 4. The maximum atomic E-state index is 5.90. The van der Waals surface area contributed by atoms with Crippen LogP contribution in [0.5, 0.6) is 5.75 Å². The fourth-order valence-electron chi connectivity index (χ4n) is 3.78. The van der Waals surface area contributed by atoms with Crippen LogP contribution in [0.2, 0.25) is 0 Å². The molecule has 1 aromatic heterocycles. The first-order valence-electron chi connectivity index (χ1n) is 9.60. The van der Waals surface area contributed by atoms with E-state index >= 15 is 0 Å². The summed E-state index contributed by atoms with van der Waals surface area (Å²) < 4.78 is 13.4. The normalized spacial score (nSPS) is 17.2. The smallest absolute Gasteiger partial charge is 0.119 e. The Morgan fingerprint density at radius 2 is 2.15 bits per heavy atom. The zero-order chi connectivity index (χ0) is 18.5. The van der Waals surface area contributed by atoms with Gasteiger partial charge in [0.1, 0.15) is 5.75 Å². The average molecular weight is 357 g/mol. The van der Waals surface area contributed by atoms with Crippen LogP contribution in [0.15, 0.2) is 24.3 Å². The van der Waals surface area contributed by atoms with Gasteiger partial charge in [-0.1, -0.05) is 12.1 Å². The number of methoxy groups -OCH3 is 1. The molecular weight excluding hydrogens is 326 g/mol. The van der Waals surface area contributed by atoms with Crippen molar-refractivity contribution in [3.63, 3.8) is 0 Å². The van der Waals surface area contributed by atoms with Crippen LogP contribution in [-0.2, 0) is 24.4 Å². The second-order valence-corrected chi connectivity index (χ2v) is 7.12. The SMILES string of the molecule is CCn1nc(C)c(CN(Cc2cccc(OC)c2)CC2CCCO2)c1C. The van der Waals surface area contributed by atoms with E-state index in [2.05, 4.69) is 53.7 Å². The molecule has 0 aliphatic carbocycles. The number of aryl methyl sites for hydroxylation is 2. The molecule has 0 bridgehead atoms. The fraction of sp³-hybridized carbons (Fsp3) is 0.571. The van der Waals surface area contributed by atoms with Crippen LogP contribution in [-0.4, -0.2) is 41.0 Å². The molecule has 142 valence electrons. The second-order valence-electron chi connectivity index (χ2n) is 7.12. The van der Waals surface area contributed by atoms with E-state index in [1.54, 1.807) is 7.11 Å². The maximum absolute atomic E-state index is 5.90. The van der Waals surface area contributed by atoms with Crippen molar-refractivity contribution in [1.82, 2.24) is 14.7 Å². The van der Waals surface area contributed by atoms with Gasteiger partial charge in [-0.3, -0.25) is 9.58 Å². The summed E-state index contributed by atoms with van der Waals surface area (Å²) in [6.07, 6.45) is 2.66. The molecule has 0 saturated carbocycles. The van der Waals surface area contributed by atoms with Gasteiger partial charge in [0.25, 0.3) is 0 Å². The van der Waals surface area contributed by atoms with Crippen LogP contribution in [0.4, 0.5) is 0 Å². The topological polar surface area (TPSA) is 39.5 Å². The number of hydrogen-bond donors (Lipinski definition) is 0. The Kier molecular flexibility index (Phi) is 6.33. The summed E-state index contributed by atoms with van der Waals surface area (Å²) >= 11 is 0. The van der Waals surface area contributed by atoms with Crippen molar-refractivity contribution in [2.45, 2.75) is 59.4 Å². The Hall–Kier alpha value is -1.85. The Morgan fingerprint density at radius 3 is 2.81 bits per heavy atom. The van der Waals surface area contributed by atoms with E-state index in [1.165, 1.54) is 23.2 Å². The van der Waals surface area contributed by atoms with Crippen LogP contribution < -0.4 is 4.74 Å². The van der Waals surface area contributed by atoms with Crippen LogP contribution in [0.1, 0.15) is 42.3 Å². The molecule has 1 saturated heterocycles. The molecule has 1 aliphatic heterocycles. The van der Waals surface area contributed by atoms with Gasteiger partial charge in [-0.05, 0) is 51.3 Å². The molecule has 3 rings (SSSR count). The summed E-state index contributed by atoms with van der Waals surface area (Å²) in [5.41, 5.74) is 5.01. The highest BCUT2D eigenvalue weighted by Gasteiger charge is 2.22. The average Bonchev–Trinajstić information content (AvgIpc) is 3.25. The van der Waals surface area contributed by atoms with E-state index in [-0.39, 0.29) is 0 Å². The third kappa shape index (κ3) is 4.46. The van der Waals surface area contributed by atoms with Gasteiger partial charge in [0.05, 0.1) is 18.9 Å². The van der Waals surface area contributed by atoms with Gasteiger partial charge in [-0.25, -0.2) is 0 Å². The van der Waals surface area contributed by atoms with Gasteiger partial charge in [-0.2, -0.15) is 5.10 Å². The van der Waals surface area contributed by atoms with Gasteiger partial charge in [-0.15, -0.1) is 0 Å². The molecule has 1 aromatic carbocycles. The number of aromatic nitrogens is 2. The van der Waals surface area contributed by atoms with E-state index in [0.717, 1.165) is 50.7 Å². The van der Waals surface area contributed by atoms with Crippen LogP contribution in [0, 0.1) is 13.8 Å². The van der Waals surface area contributed by atoms with Crippen molar-refractivity contribution in [3.05, 3.63) is 46.8 Å². The monoisotopic (exact) mass is 357 g/mol. The summed E-state index contributed by atoms with van der Waals surface area (Å²) in [7, 11) is 1.72. The molecule has 5 nitrogen and oxygen atoms in total. The fourth-order valence-corrected chi connectivity index (χ4v) is 3.78. The number of rotatable bonds is 8. The van der Waals surface area contributed by atoms with Gasteiger partial charge in [0.15, 0.2) is 0 Å². The summed E-state index contributed by atoms with van der Waals surface area (Å²) in [6, 6.07) is 8.34. The lowest BCUT2D eigenvalue weighted by molar-refractivity contribution is 0.0677. The molecule has 1 aliphatic rings. The molecule has 0 radical (unpaired) electrons. The van der Waals surface area contributed by atoms with Crippen molar-refractivity contribution in [1.29, 1.82) is 0 Å². The molecule has 0 amide bonds. The molecule has 26 heavy (non-hydrogen) atoms.